The summed E-state index contributed by atoms with van der Waals surface area (Å²) >= 11 is 0. The van der Waals surface area contributed by atoms with Crippen LogP contribution in [0.4, 0.5) is 0 Å². The lowest BCUT2D eigenvalue weighted by Crippen LogP contribution is -2.41. The zero-order valence-electron chi connectivity index (χ0n) is 14.2. The lowest BCUT2D eigenvalue weighted by atomic mass is 10.0. The third-order valence-electron chi connectivity index (χ3n) is 4.26. The first-order valence-corrected chi connectivity index (χ1v) is 8.18. The van der Waals surface area contributed by atoms with Crippen LogP contribution in [0.15, 0.2) is 42.6 Å². The molecule has 0 aliphatic carbocycles. The summed E-state index contributed by atoms with van der Waals surface area (Å²) in [6, 6.07) is 10.9. The first-order valence-electron chi connectivity index (χ1n) is 8.18. The zero-order chi connectivity index (χ0) is 18.0. The molecule has 1 aliphatic heterocycles. The molecule has 6 nitrogen and oxygen atoms in total. The maximum atomic E-state index is 12.4. The average molecular weight is 337 g/mol. The fourth-order valence-electron chi connectivity index (χ4n) is 2.86. The fraction of sp³-hybridized carbons (Fsp3) is 0.263. The highest BCUT2D eigenvalue weighted by atomic mass is 16.2. The Kier molecular flexibility index (Phi) is 4.61. The Hall–Kier alpha value is -3.02. The van der Waals surface area contributed by atoms with Gasteiger partial charge in [0.1, 0.15) is 12.2 Å². The third-order valence-corrected chi connectivity index (χ3v) is 4.26. The molecule has 0 fully saturated rings. The largest absolute Gasteiger partial charge is 0.348 e. The monoisotopic (exact) mass is 337 g/mol. The number of carbonyl (C=O) groups is 3. The van der Waals surface area contributed by atoms with Gasteiger partial charge in [-0.05, 0) is 31.0 Å². The Morgan fingerprint density at radius 2 is 1.88 bits per heavy atom. The van der Waals surface area contributed by atoms with Crippen LogP contribution in [-0.4, -0.2) is 34.2 Å². The molecule has 1 aromatic carbocycles. The van der Waals surface area contributed by atoms with Gasteiger partial charge in [-0.1, -0.05) is 36.8 Å². The number of pyridine rings is 1. The molecule has 0 unspecified atom stereocenters. The van der Waals surface area contributed by atoms with Crippen molar-refractivity contribution >= 4 is 17.7 Å². The van der Waals surface area contributed by atoms with Crippen LogP contribution in [0.5, 0.6) is 0 Å². The van der Waals surface area contributed by atoms with E-state index in [0.717, 1.165) is 16.0 Å². The molecule has 1 aromatic heterocycles. The molecule has 0 saturated heterocycles. The van der Waals surface area contributed by atoms with Gasteiger partial charge < -0.3 is 5.32 Å². The van der Waals surface area contributed by atoms with E-state index >= 15 is 0 Å². The number of nitrogens with zero attached hydrogens (tertiary/aromatic N) is 2. The molecule has 6 heteroatoms. The molecule has 0 bridgehead atoms. The second kappa shape index (κ2) is 6.84. The molecular formula is C19H19N3O3. The molecule has 3 rings (SSSR count). The van der Waals surface area contributed by atoms with E-state index in [1.54, 1.807) is 12.1 Å². The summed E-state index contributed by atoms with van der Waals surface area (Å²) in [5.41, 5.74) is 2.48. The number of hydrogen-bond donors (Lipinski definition) is 1. The minimum absolute atomic E-state index is 0.103. The number of rotatable bonds is 5. The number of benzene rings is 1. The molecule has 2 heterocycles. The molecule has 2 aromatic rings. The Labute approximate surface area is 145 Å². The molecule has 0 radical (unpaired) electrons. The van der Waals surface area contributed by atoms with E-state index < -0.39 is 11.8 Å². The highest BCUT2D eigenvalue weighted by Gasteiger charge is 2.37. The lowest BCUT2D eigenvalue weighted by Gasteiger charge is -2.20. The van der Waals surface area contributed by atoms with Gasteiger partial charge in [-0.2, -0.15) is 0 Å². The molecule has 0 saturated carbocycles. The van der Waals surface area contributed by atoms with Gasteiger partial charge in [-0.3, -0.25) is 24.3 Å². The SMILES string of the molecule is CC[C@H](NC(=O)CN1C(=O)c2cccnc2C1=O)c1ccc(C)cc1. The van der Waals surface area contributed by atoms with E-state index in [2.05, 4.69) is 10.3 Å². The van der Waals surface area contributed by atoms with Gasteiger partial charge in [0.25, 0.3) is 11.8 Å². The van der Waals surface area contributed by atoms with Crippen molar-refractivity contribution in [2.45, 2.75) is 26.3 Å². The number of hydrogen-bond acceptors (Lipinski definition) is 4. The number of nitrogens with one attached hydrogen (secondary N) is 1. The molecule has 1 N–H and O–H groups in total. The standard InChI is InChI=1S/C19H19N3O3/c1-3-15(13-8-6-12(2)7-9-13)21-16(23)11-22-18(24)14-5-4-10-20-17(14)19(22)25/h4-10,15H,3,11H2,1-2H3,(H,21,23)/t15-/m0/s1. The van der Waals surface area contributed by atoms with Crippen LogP contribution in [0.25, 0.3) is 0 Å². The van der Waals surface area contributed by atoms with Gasteiger partial charge in [0.15, 0.2) is 0 Å². The quantitative estimate of drug-likeness (QED) is 0.849. The summed E-state index contributed by atoms with van der Waals surface area (Å²) < 4.78 is 0. The highest BCUT2D eigenvalue weighted by molar-refractivity contribution is 6.21. The van der Waals surface area contributed by atoms with Crippen LogP contribution in [-0.2, 0) is 4.79 Å². The zero-order valence-corrected chi connectivity index (χ0v) is 14.2. The van der Waals surface area contributed by atoms with Gasteiger partial charge in [0.05, 0.1) is 11.6 Å². The number of amides is 3. The van der Waals surface area contributed by atoms with Crippen molar-refractivity contribution in [3.63, 3.8) is 0 Å². The lowest BCUT2D eigenvalue weighted by molar-refractivity contribution is -0.122. The summed E-state index contributed by atoms with van der Waals surface area (Å²) in [4.78, 5) is 41.8. The number of fused-ring (bicyclic) bond motifs is 1. The van der Waals surface area contributed by atoms with E-state index in [-0.39, 0.29) is 29.8 Å². The number of imide groups is 1. The van der Waals surface area contributed by atoms with Crippen LogP contribution in [0, 0.1) is 6.92 Å². The van der Waals surface area contributed by atoms with Gasteiger partial charge >= 0.3 is 0 Å². The average Bonchev–Trinajstić information content (AvgIpc) is 2.86. The molecule has 0 spiro atoms. The Balaban J connectivity index is 1.69. The van der Waals surface area contributed by atoms with Crippen molar-refractivity contribution in [2.24, 2.45) is 0 Å². The molecule has 25 heavy (non-hydrogen) atoms. The molecular weight excluding hydrogens is 318 g/mol. The van der Waals surface area contributed by atoms with Crippen LogP contribution >= 0.6 is 0 Å². The summed E-state index contributed by atoms with van der Waals surface area (Å²) in [7, 11) is 0. The van der Waals surface area contributed by atoms with Crippen molar-refractivity contribution < 1.29 is 14.4 Å². The Bertz CT molecular complexity index is 795. The first-order chi connectivity index (χ1) is 12.0. The maximum Gasteiger partial charge on any atom is 0.280 e. The molecule has 3 amide bonds. The van der Waals surface area contributed by atoms with Gasteiger partial charge in [0.2, 0.25) is 5.91 Å². The summed E-state index contributed by atoms with van der Waals surface area (Å²) in [6.07, 6.45) is 2.16. The van der Waals surface area contributed by atoms with Crippen molar-refractivity contribution in [2.75, 3.05) is 6.54 Å². The highest BCUT2D eigenvalue weighted by Crippen LogP contribution is 2.21. The van der Waals surface area contributed by atoms with Gasteiger partial charge in [-0.25, -0.2) is 0 Å². The Morgan fingerprint density at radius 1 is 1.16 bits per heavy atom. The number of aryl methyl sites for hydroxylation is 1. The smallest absolute Gasteiger partial charge is 0.280 e. The fourth-order valence-corrected chi connectivity index (χ4v) is 2.86. The van der Waals surface area contributed by atoms with Crippen molar-refractivity contribution in [3.05, 3.63) is 65.0 Å². The summed E-state index contributed by atoms with van der Waals surface area (Å²) in [5, 5.41) is 2.89. The predicted octanol–water partition coefficient (Wildman–Crippen LogP) is 2.25. The van der Waals surface area contributed by atoms with E-state index in [1.165, 1.54) is 6.20 Å². The van der Waals surface area contributed by atoms with Crippen molar-refractivity contribution in [3.8, 4) is 0 Å². The number of carbonyl (C=O) groups excluding carboxylic acids is 3. The van der Waals surface area contributed by atoms with Crippen LogP contribution in [0.2, 0.25) is 0 Å². The second-order valence-electron chi connectivity index (χ2n) is 6.04. The summed E-state index contributed by atoms with van der Waals surface area (Å²) in [6.45, 7) is 3.66. The predicted molar refractivity (Wildman–Crippen MR) is 92.0 cm³/mol. The van der Waals surface area contributed by atoms with Gasteiger partial charge in [0, 0.05) is 6.20 Å². The molecule has 1 aliphatic rings. The van der Waals surface area contributed by atoms with Crippen molar-refractivity contribution in [1.82, 2.24) is 15.2 Å². The third kappa shape index (κ3) is 3.28. The first kappa shape index (κ1) is 16.8. The van der Waals surface area contributed by atoms with Crippen LogP contribution < -0.4 is 5.32 Å². The molecule has 128 valence electrons. The van der Waals surface area contributed by atoms with E-state index in [4.69, 9.17) is 0 Å². The Morgan fingerprint density at radius 3 is 2.52 bits per heavy atom. The topological polar surface area (TPSA) is 79.4 Å². The van der Waals surface area contributed by atoms with E-state index in [9.17, 15) is 14.4 Å². The summed E-state index contributed by atoms with van der Waals surface area (Å²) in [5.74, 6) is -1.38. The molecule has 1 atom stereocenters. The minimum Gasteiger partial charge on any atom is -0.348 e. The van der Waals surface area contributed by atoms with E-state index in [1.807, 2.05) is 38.1 Å². The van der Waals surface area contributed by atoms with Crippen LogP contribution in [0.3, 0.4) is 0 Å². The normalized spacial score (nSPS) is 14.4. The minimum atomic E-state index is -0.529. The second-order valence-corrected chi connectivity index (χ2v) is 6.04. The van der Waals surface area contributed by atoms with Crippen molar-refractivity contribution in [1.29, 1.82) is 0 Å². The van der Waals surface area contributed by atoms with Crippen LogP contribution in [0.1, 0.15) is 51.4 Å². The number of aromatic nitrogens is 1. The van der Waals surface area contributed by atoms with Gasteiger partial charge in [-0.15, -0.1) is 0 Å². The maximum absolute atomic E-state index is 12.4. The van der Waals surface area contributed by atoms with E-state index in [0.29, 0.717) is 6.42 Å².